The van der Waals surface area contributed by atoms with Gasteiger partial charge in [0.2, 0.25) is 5.91 Å². The Morgan fingerprint density at radius 1 is 1.20 bits per heavy atom. The third kappa shape index (κ3) is 6.04. The number of anilines is 1. The van der Waals surface area contributed by atoms with Gasteiger partial charge in [-0.3, -0.25) is 4.79 Å². The summed E-state index contributed by atoms with van der Waals surface area (Å²) < 4.78 is 8.17. The Hall–Kier alpha value is -2.88. The molecule has 2 aromatic carbocycles. The van der Waals surface area contributed by atoms with Gasteiger partial charge in [-0.05, 0) is 57.0 Å². The zero-order valence-corrected chi connectivity index (χ0v) is 22.3. The van der Waals surface area contributed by atoms with Crippen molar-refractivity contribution in [3.05, 3.63) is 69.8 Å². The van der Waals surface area contributed by atoms with Crippen molar-refractivity contribution < 1.29 is 9.53 Å². The van der Waals surface area contributed by atoms with Crippen LogP contribution in [0.2, 0.25) is 5.02 Å². The summed E-state index contributed by atoms with van der Waals surface area (Å²) in [6.45, 7) is 8.76. The van der Waals surface area contributed by atoms with Crippen LogP contribution in [0.15, 0.2) is 53.0 Å². The molecule has 4 rings (SSSR count). The molecule has 2 heterocycles. The first kappa shape index (κ1) is 25.2. The van der Waals surface area contributed by atoms with Crippen molar-refractivity contribution in [3.8, 4) is 17.0 Å². The maximum Gasteiger partial charge on any atom is 0.236 e. The fourth-order valence-electron chi connectivity index (χ4n) is 3.47. The number of aryl methyl sites for hydroxylation is 1. The largest absolute Gasteiger partial charge is 0.482 e. The summed E-state index contributed by atoms with van der Waals surface area (Å²) in [6, 6.07) is 13.4. The van der Waals surface area contributed by atoms with Crippen LogP contribution in [0, 0.1) is 13.8 Å². The molecule has 4 aromatic rings. The molecule has 0 aliphatic rings. The van der Waals surface area contributed by atoms with Crippen LogP contribution in [0.25, 0.3) is 11.3 Å². The number of amides is 1. The maximum atomic E-state index is 12.6. The Kier molecular flexibility index (Phi) is 8.10. The number of hydrogen-bond donors (Lipinski definition) is 1. The molecule has 0 saturated carbocycles. The number of benzene rings is 2. The summed E-state index contributed by atoms with van der Waals surface area (Å²) in [6.07, 6.45) is -0.285. The van der Waals surface area contributed by atoms with Gasteiger partial charge in [0.25, 0.3) is 0 Å². The topological polar surface area (TPSA) is 81.9 Å². The number of halogens is 1. The van der Waals surface area contributed by atoms with Gasteiger partial charge in [0.1, 0.15) is 5.75 Å². The van der Waals surface area contributed by atoms with Crippen molar-refractivity contribution in [1.82, 2.24) is 19.7 Å². The molecule has 0 bridgehead atoms. The standard InChI is InChI=1S/C25H26ClN5O2S2/c1-5-31-23(17(4)33-21-8-6-7-15(2)16(21)3)29-30-25(31)35-14-22(32)28-24-27-20(13-34-24)18-9-11-19(26)12-10-18/h6-13,17H,5,14H2,1-4H3,(H,27,28,32). The van der Waals surface area contributed by atoms with E-state index in [0.717, 1.165) is 28.4 Å². The van der Waals surface area contributed by atoms with Crippen LogP contribution >= 0.6 is 34.7 Å². The van der Waals surface area contributed by atoms with Crippen molar-refractivity contribution in [2.24, 2.45) is 0 Å². The Labute approximate surface area is 217 Å². The number of hydrogen-bond acceptors (Lipinski definition) is 7. The van der Waals surface area contributed by atoms with Crippen molar-refractivity contribution in [2.75, 3.05) is 11.1 Å². The molecule has 0 spiro atoms. The monoisotopic (exact) mass is 527 g/mol. The first-order valence-electron chi connectivity index (χ1n) is 11.2. The minimum atomic E-state index is -0.285. The second-order valence-electron chi connectivity index (χ2n) is 7.92. The van der Waals surface area contributed by atoms with E-state index in [4.69, 9.17) is 16.3 Å². The molecule has 1 unspecified atom stereocenters. The molecule has 2 aromatic heterocycles. The Balaban J connectivity index is 1.37. The quantitative estimate of drug-likeness (QED) is 0.248. The number of ether oxygens (including phenoxy) is 1. The van der Waals surface area contributed by atoms with Crippen LogP contribution in [-0.2, 0) is 11.3 Å². The minimum absolute atomic E-state index is 0.154. The molecule has 0 aliphatic heterocycles. The molecule has 0 aliphatic carbocycles. The summed E-state index contributed by atoms with van der Waals surface area (Å²) in [5, 5.41) is 15.3. The molecule has 1 atom stereocenters. The van der Waals surface area contributed by atoms with E-state index in [0.29, 0.717) is 21.9 Å². The van der Waals surface area contributed by atoms with Crippen molar-refractivity contribution in [2.45, 2.75) is 45.5 Å². The van der Waals surface area contributed by atoms with E-state index in [1.54, 1.807) is 0 Å². The number of rotatable bonds is 9. The van der Waals surface area contributed by atoms with E-state index in [2.05, 4.69) is 33.5 Å². The maximum absolute atomic E-state index is 12.6. The molecule has 1 N–H and O–H groups in total. The number of nitrogens with zero attached hydrogens (tertiary/aromatic N) is 4. The molecule has 1 amide bonds. The van der Waals surface area contributed by atoms with Gasteiger partial charge in [-0.2, -0.15) is 0 Å². The van der Waals surface area contributed by atoms with Crippen molar-refractivity contribution >= 4 is 45.7 Å². The van der Waals surface area contributed by atoms with E-state index < -0.39 is 0 Å². The van der Waals surface area contributed by atoms with E-state index in [-0.39, 0.29) is 17.8 Å². The van der Waals surface area contributed by atoms with Crippen molar-refractivity contribution in [3.63, 3.8) is 0 Å². The highest BCUT2D eigenvalue weighted by Crippen LogP contribution is 2.29. The molecular weight excluding hydrogens is 502 g/mol. The zero-order chi connectivity index (χ0) is 24.9. The third-order valence-corrected chi connectivity index (χ3v) is 7.48. The smallest absolute Gasteiger partial charge is 0.236 e. The van der Waals surface area contributed by atoms with E-state index in [1.165, 1.54) is 28.7 Å². The molecule has 182 valence electrons. The summed E-state index contributed by atoms with van der Waals surface area (Å²) in [7, 11) is 0. The lowest BCUT2D eigenvalue weighted by molar-refractivity contribution is -0.113. The lowest BCUT2D eigenvalue weighted by Crippen LogP contribution is -2.15. The third-order valence-electron chi connectivity index (χ3n) is 5.51. The first-order valence-corrected chi connectivity index (χ1v) is 13.4. The summed E-state index contributed by atoms with van der Waals surface area (Å²) in [4.78, 5) is 17.1. The van der Waals surface area contributed by atoms with Gasteiger partial charge in [0.15, 0.2) is 22.2 Å². The molecule has 0 fully saturated rings. The van der Waals surface area contributed by atoms with Gasteiger partial charge >= 0.3 is 0 Å². The predicted molar refractivity (Wildman–Crippen MR) is 143 cm³/mol. The summed E-state index contributed by atoms with van der Waals surface area (Å²) >= 11 is 8.67. The normalized spacial score (nSPS) is 11.9. The highest BCUT2D eigenvalue weighted by Gasteiger charge is 2.20. The van der Waals surface area contributed by atoms with Gasteiger partial charge in [-0.15, -0.1) is 21.5 Å². The van der Waals surface area contributed by atoms with Crippen LogP contribution in [-0.4, -0.2) is 31.4 Å². The highest BCUT2D eigenvalue weighted by molar-refractivity contribution is 7.99. The van der Waals surface area contributed by atoms with Gasteiger partial charge in [0, 0.05) is 22.5 Å². The Bertz CT molecular complexity index is 1320. The van der Waals surface area contributed by atoms with E-state index >= 15 is 0 Å². The number of nitrogens with one attached hydrogen (secondary N) is 1. The number of thiazole rings is 1. The van der Waals surface area contributed by atoms with Gasteiger partial charge in [-0.1, -0.05) is 47.6 Å². The Morgan fingerprint density at radius 3 is 2.71 bits per heavy atom. The SMILES string of the molecule is CCn1c(SCC(=O)Nc2nc(-c3ccc(Cl)cc3)cs2)nnc1C(C)Oc1cccc(C)c1C. The number of carbonyl (C=O) groups is 1. The highest BCUT2D eigenvalue weighted by atomic mass is 35.5. The summed E-state index contributed by atoms with van der Waals surface area (Å²) in [5.41, 5.74) is 4.02. The second kappa shape index (κ2) is 11.2. The van der Waals surface area contributed by atoms with Crippen LogP contribution in [0.4, 0.5) is 5.13 Å². The number of thioether (sulfide) groups is 1. The zero-order valence-electron chi connectivity index (χ0n) is 19.9. The van der Waals surface area contributed by atoms with Crippen LogP contribution in [0.1, 0.15) is 36.9 Å². The molecule has 0 radical (unpaired) electrons. The van der Waals surface area contributed by atoms with Gasteiger partial charge in [-0.25, -0.2) is 4.98 Å². The van der Waals surface area contributed by atoms with Gasteiger partial charge < -0.3 is 14.6 Å². The number of aromatic nitrogens is 4. The van der Waals surface area contributed by atoms with Crippen LogP contribution < -0.4 is 10.1 Å². The molecule has 35 heavy (non-hydrogen) atoms. The average Bonchev–Trinajstić information content (AvgIpc) is 3.48. The molecule has 7 nitrogen and oxygen atoms in total. The second-order valence-corrected chi connectivity index (χ2v) is 10.2. The molecule has 0 saturated heterocycles. The van der Waals surface area contributed by atoms with Crippen molar-refractivity contribution in [1.29, 1.82) is 0 Å². The predicted octanol–water partition coefficient (Wildman–Crippen LogP) is 6.56. The summed E-state index contributed by atoms with van der Waals surface area (Å²) in [5.74, 6) is 1.60. The lowest BCUT2D eigenvalue weighted by Gasteiger charge is -2.17. The lowest BCUT2D eigenvalue weighted by atomic mass is 10.1. The fraction of sp³-hybridized carbons (Fsp3) is 0.280. The van der Waals surface area contributed by atoms with Crippen LogP contribution in [0.5, 0.6) is 5.75 Å². The number of carbonyl (C=O) groups excluding carboxylic acids is 1. The first-order chi connectivity index (χ1) is 16.9. The molecule has 10 heteroatoms. The van der Waals surface area contributed by atoms with Gasteiger partial charge in [0.05, 0.1) is 11.4 Å². The van der Waals surface area contributed by atoms with Crippen LogP contribution in [0.3, 0.4) is 0 Å². The average molecular weight is 528 g/mol. The van der Waals surface area contributed by atoms with E-state index in [1.807, 2.05) is 67.1 Å². The fourth-order valence-corrected chi connectivity index (χ4v) is 5.14. The molecular formula is C25H26ClN5O2S2. The Morgan fingerprint density at radius 2 is 1.97 bits per heavy atom. The minimum Gasteiger partial charge on any atom is -0.482 e. The van der Waals surface area contributed by atoms with E-state index in [9.17, 15) is 4.79 Å².